The zero-order valence-corrected chi connectivity index (χ0v) is 12.8. The van der Waals surface area contributed by atoms with Crippen molar-refractivity contribution in [2.75, 3.05) is 6.54 Å². The molecule has 1 fully saturated rings. The summed E-state index contributed by atoms with van der Waals surface area (Å²) < 4.78 is 6.46. The SMILES string of the molecule is CC(C)CNC1CC2(CCCCC2)Oc2ccccc21. The van der Waals surface area contributed by atoms with Gasteiger partial charge in [0.05, 0.1) is 0 Å². The predicted molar refractivity (Wildman–Crippen MR) is 83.1 cm³/mol. The highest BCUT2D eigenvalue weighted by molar-refractivity contribution is 5.39. The second kappa shape index (κ2) is 5.77. The highest BCUT2D eigenvalue weighted by atomic mass is 16.5. The van der Waals surface area contributed by atoms with Gasteiger partial charge >= 0.3 is 0 Å². The fourth-order valence-corrected chi connectivity index (χ4v) is 3.68. The smallest absolute Gasteiger partial charge is 0.124 e. The molecule has 1 unspecified atom stereocenters. The maximum absolute atomic E-state index is 6.46. The molecule has 0 aromatic heterocycles. The van der Waals surface area contributed by atoms with Crippen LogP contribution in [0.3, 0.4) is 0 Å². The van der Waals surface area contributed by atoms with Gasteiger partial charge in [0.2, 0.25) is 0 Å². The summed E-state index contributed by atoms with van der Waals surface area (Å²) >= 11 is 0. The van der Waals surface area contributed by atoms with Crippen LogP contribution in [-0.2, 0) is 0 Å². The Morgan fingerprint density at radius 1 is 1.20 bits per heavy atom. The molecule has 1 spiro atoms. The number of fused-ring (bicyclic) bond motifs is 1. The van der Waals surface area contributed by atoms with Crippen molar-refractivity contribution in [1.82, 2.24) is 5.32 Å². The van der Waals surface area contributed by atoms with Crippen molar-refractivity contribution in [3.05, 3.63) is 29.8 Å². The van der Waals surface area contributed by atoms with Gasteiger partial charge < -0.3 is 10.1 Å². The first-order chi connectivity index (χ1) is 9.69. The number of para-hydroxylation sites is 1. The average Bonchev–Trinajstić information content (AvgIpc) is 2.45. The lowest BCUT2D eigenvalue weighted by Crippen LogP contribution is -2.45. The Morgan fingerprint density at radius 2 is 1.95 bits per heavy atom. The first-order valence-electron chi connectivity index (χ1n) is 8.20. The quantitative estimate of drug-likeness (QED) is 0.878. The summed E-state index contributed by atoms with van der Waals surface area (Å²) in [5, 5.41) is 3.77. The van der Waals surface area contributed by atoms with E-state index in [1.807, 2.05) is 0 Å². The Hall–Kier alpha value is -1.02. The van der Waals surface area contributed by atoms with Gasteiger partial charge in [-0.2, -0.15) is 0 Å². The van der Waals surface area contributed by atoms with Gasteiger partial charge in [-0.15, -0.1) is 0 Å². The highest BCUT2D eigenvalue weighted by Crippen LogP contribution is 2.45. The number of ether oxygens (including phenoxy) is 1. The second-order valence-corrected chi connectivity index (χ2v) is 6.94. The normalized spacial score (nSPS) is 24.4. The van der Waals surface area contributed by atoms with E-state index in [2.05, 4.69) is 43.4 Å². The van der Waals surface area contributed by atoms with Crippen LogP contribution >= 0.6 is 0 Å². The number of hydrogen-bond acceptors (Lipinski definition) is 2. The number of nitrogens with one attached hydrogen (secondary N) is 1. The highest BCUT2D eigenvalue weighted by Gasteiger charge is 2.41. The monoisotopic (exact) mass is 273 g/mol. The summed E-state index contributed by atoms with van der Waals surface area (Å²) in [6.07, 6.45) is 7.59. The van der Waals surface area contributed by atoms with Crippen LogP contribution in [0.25, 0.3) is 0 Å². The summed E-state index contributed by atoms with van der Waals surface area (Å²) in [5.41, 5.74) is 1.45. The molecule has 0 saturated heterocycles. The average molecular weight is 273 g/mol. The fraction of sp³-hybridized carbons (Fsp3) is 0.667. The van der Waals surface area contributed by atoms with Gasteiger partial charge in [0, 0.05) is 18.0 Å². The molecule has 1 saturated carbocycles. The zero-order valence-electron chi connectivity index (χ0n) is 12.8. The Morgan fingerprint density at radius 3 is 2.70 bits per heavy atom. The number of rotatable bonds is 3. The molecule has 1 aromatic carbocycles. The fourth-order valence-electron chi connectivity index (χ4n) is 3.68. The number of benzene rings is 1. The molecule has 110 valence electrons. The molecule has 1 heterocycles. The maximum atomic E-state index is 6.46. The van der Waals surface area contributed by atoms with Gasteiger partial charge in [-0.05, 0) is 44.2 Å². The maximum Gasteiger partial charge on any atom is 0.124 e. The molecule has 1 N–H and O–H groups in total. The Balaban J connectivity index is 1.84. The molecule has 0 amide bonds. The minimum atomic E-state index is 0.0985. The Kier molecular flexibility index (Phi) is 4.02. The van der Waals surface area contributed by atoms with E-state index < -0.39 is 0 Å². The van der Waals surface area contributed by atoms with Gasteiger partial charge in [0.15, 0.2) is 0 Å². The van der Waals surface area contributed by atoms with Crippen LogP contribution in [0, 0.1) is 5.92 Å². The molecule has 2 nitrogen and oxygen atoms in total. The topological polar surface area (TPSA) is 21.3 Å². The predicted octanol–water partition coefficient (Wildman–Crippen LogP) is 4.46. The molecule has 0 bridgehead atoms. The minimum absolute atomic E-state index is 0.0985. The van der Waals surface area contributed by atoms with E-state index >= 15 is 0 Å². The van der Waals surface area contributed by atoms with Crippen LogP contribution in [0.2, 0.25) is 0 Å². The van der Waals surface area contributed by atoms with Crippen LogP contribution in [0.4, 0.5) is 0 Å². The molecule has 1 aliphatic carbocycles. The van der Waals surface area contributed by atoms with Gasteiger partial charge in [0.25, 0.3) is 0 Å². The van der Waals surface area contributed by atoms with Crippen molar-refractivity contribution in [2.24, 2.45) is 5.92 Å². The summed E-state index contributed by atoms with van der Waals surface area (Å²) in [7, 11) is 0. The largest absolute Gasteiger partial charge is 0.487 e. The van der Waals surface area contributed by atoms with Gasteiger partial charge in [0.1, 0.15) is 11.4 Å². The lowest BCUT2D eigenvalue weighted by atomic mass is 9.77. The van der Waals surface area contributed by atoms with Gasteiger partial charge in [-0.25, -0.2) is 0 Å². The van der Waals surface area contributed by atoms with Crippen molar-refractivity contribution in [3.63, 3.8) is 0 Å². The minimum Gasteiger partial charge on any atom is -0.487 e. The second-order valence-electron chi connectivity index (χ2n) is 6.94. The molecule has 20 heavy (non-hydrogen) atoms. The van der Waals surface area contributed by atoms with E-state index in [0.717, 1.165) is 18.7 Å². The third kappa shape index (κ3) is 2.85. The van der Waals surface area contributed by atoms with Crippen molar-refractivity contribution in [3.8, 4) is 5.75 Å². The first kappa shape index (κ1) is 13.9. The molecular weight excluding hydrogens is 246 g/mol. The van der Waals surface area contributed by atoms with E-state index in [4.69, 9.17) is 4.74 Å². The lowest BCUT2D eigenvalue weighted by Gasteiger charge is -2.45. The van der Waals surface area contributed by atoms with Crippen LogP contribution < -0.4 is 10.1 Å². The van der Waals surface area contributed by atoms with Crippen molar-refractivity contribution >= 4 is 0 Å². The third-order valence-electron chi connectivity index (χ3n) is 4.73. The molecule has 1 aliphatic heterocycles. The first-order valence-corrected chi connectivity index (χ1v) is 8.20. The molecule has 1 atom stereocenters. The lowest BCUT2D eigenvalue weighted by molar-refractivity contribution is -0.00296. The van der Waals surface area contributed by atoms with Gasteiger partial charge in [-0.3, -0.25) is 0 Å². The summed E-state index contributed by atoms with van der Waals surface area (Å²) in [5.74, 6) is 1.80. The molecule has 2 aliphatic rings. The molecular formula is C18H27NO. The van der Waals surface area contributed by atoms with E-state index in [1.54, 1.807) is 0 Å². The van der Waals surface area contributed by atoms with E-state index in [9.17, 15) is 0 Å². The van der Waals surface area contributed by atoms with E-state index in [1.165, 1.54) is 37.7 Å². The van der Waals surface area contributed by atoms with Crippen LogP contribution in [0.5, 0.6) is 5.75 Å². The van der Waals surface area contributed by atoms with Crippen LogP contribution in [0.15, 0.2) is 24.3 Å². The van der Waals surface area contributed by atoms with Crippen molar-refractivity contribution in [1.29, 1.82) is 0 Å². The Labute approximate surface area is 122 Å². The van der Waals surface area contributed by atoms with Crippen molar-refractivity contribution < 1.29 is 4.74 Å². The Bertz CT molecular complexity index is 448. The summed E-state index contributed by atoms with van der Waals surface area (Å²) in [4.78, 5) is 0. The molecule has 2 heteroatoms. The molecule has 1 aromatic rings. The molecule has 3 rings (SSSR count). The number of hydrogen-bond donors (Lipinski definition) is 1. The van der Waals surface area contributed by atoms with E-state index in [-0.39, 0.29) is 5.60 Å². The van der Waals surface area contributed by atoms with Crippen LogP contribution in [0.1, 0.15) is 64.0 Å². The zero-order chi connectivity index (χ0) is 14.0. The standard InChI is InChI=1S/C18H27NO/c1-14(2)13-19-16-12-18(10-6-3-7-11-18)20-17-9-5-4-8-15(16)17/h4-5,8-9,14,16,19H,3,6-7,10-13H2,1-2H3. The summed E-state index contributed by atoms with van der Waals surface area (Å²) in [6.45, 7) is 5.62. The molecule has 0 radical (unpaired) electrons. The van der Waals surface area contributed by atoms with Crippen LogP contribution in [-0.4, -0.2) is 12.1 Å². The third-order valence-corrected chi connectivity index (χ3v) is 4.73. The van der Waals surface area contributed by atoms with Gasteiger partial charge in [-0.1, -0.05) is 38.5 Å². The summed E-state index contributed by atoms with van der Waals surface area (Å²) in [6, 6.07) is 9.06. The van der Waals surface area contributed by atoms with E-state index in [0.29, 0.717) is 12.0 Å². The van der Waals surface area contributed by atoms with Crippen molar-refractivity contribution in [2.45, 2.75) is 64.0 Å².